The number of nitrogens with one attached hydrogen (secondary N) is 1. The van der Waals surface area contributed by atoms with Crippen molar-refractivity contribution >= 4 is 23.7 Å². The molecule has 0 spiro atoms. The Morgan fingerprint density at radius 3 is 2.61 bits per heavy atom. The van der Waals surface area contributed by atoms with Gasteiger partial charge in [0.2, 0.25) is 17.7 Å². The first-order chi connectivity index (χ1) is 8.31. The van der Waals surface area contributed by atoms with Gasteiger partial charge >= 0.3 is 5.97 Å². The Kier molecular flexibility index (Phi) is 4.41. The van der Waals surface area contributed by atoms with Crippen LogP contribution in [0.5, 0.6) is 0 Å². The van der Waals surface area contributed by atoms with Gasteiger partial charge in [-0.15, -0.1) is 0 Å². The maximum atomic E-state index is 11.9. The van der Waals surface area contributed by atoms with Gasteiger partial charge in [-0.3, -0.25) is 24.5 Å². The molecule has 1 rings (SSSR count). The summed E-state index contributed by atoms with van der Waals surface area (Å²) in [6.45, 7) is 3.01. The molecule has 0 aromatic carbocycles. The van der Waals surface area contributed by atoms with Crippen molar-refractivity contribution in [2.45, 2.75) is 32.7 Å². The zero-order valence-electron chi connectivity index (χ0n) is 10.3. The van der Waals surface area contributed by atoms with Crippen molar-refractivity contribution in [1.29, 1.82) is 0 Å². The molecule has 0 radical (unpaired) electrons. The first kappa shape index (κ1) is 14.1. The highest BCUT2D eigenvalue weighted by Crippen LogP contribution is 2.13. The predicted molar refractivity (Wildman–Crippen MR) is 60.4 cm³/mol. The van der Waals surface area contributed by atoms with E-state index >= 15 is 0 Å². The molecule has 1 saturated heterocycles. The van der Waals surface area contributed by atoms with Gasteiger partial charge in [0.25, 0.3) is 0 Å². The number of hydrogen-bond acceptors (Lipinski definition) is 4. The summed E-state index contributed by atoms with van der Waals surface area (Å²) in [5.74, 6) is -2.71. The molecular formula is C11H16N2O5. The number of piperazine rings is 1. The number of carbonyl (C=O) groups is 4. The standard InChI is InChI=1S/C11H16N2O5/c1-6(4-10(16)17)3-9(15)13-5-8(14)12-11(18)7(13)2/h6-7H,3-5H2,1-2H3,(H,16,17)(H,12,14,18). The van der Waals surface area contributed by atoms with Gasteiger partial charge in [0.15, 0.2) is 0 Å². The first-order valence-electron chi connectivity index (χ1n) is 5.66. The number of carbonyl (C=O) groups excluding carboxylic acids is 3. The summed E-state index contributed by atoms with van der Waals surface area (Å²) in [5, 5.41) is 10.7. The summed E-state index contributed by atoms with van der Waals surface area (Å²) >= 11 is 0. The lowest BCUT2D eigenvalue weighted by Crippen LogP contribution is -2.58. The Bertz CT molecular complexity index is 393. The molecule has 3 amide bonds. The summed E-state index contributed by atoms with van der Waals surface area (Å²) in [4.78, 5) is 46.1. The molecule has 2 N–H and O–H groups in total. The molecule has 18 heavy (non-hydrogen) atoms. The molecule has 0 saturated carbocycles. The molecule has 7 nitrogen and oxygen atoms in total. The Morgan fingerprint density at radius 2 is 2.06 bits per heavy atom. The second kappa shape index (κ2) is 5.61. The third-order valence-corrected chi connectivity index (χ3v) is 2.79. The zero-order chi connectivity index (χ0) is 13.9. The van der Waals surface area contributed by atoms with Gasteiger partial charge in [-0.25, -0.2) is 0 Å². The second-order valence-electron chi connectivity index (χ2n) is 4.52. The number of nitrogens with zero attached hydrogens (tertiary/aromatic N) is 1. The van der Waals surface area contributed by atoms with Crippen LogP contribution in [0.3, 0.4) is 0 Å². The van der Waals surface area contributed by atoms with Crippen molar-refractivity contribution in [3.63, 3.8) is 0 Å². The van der Waals surface area contributed by atoms with Crippen LogP contribution in [-0.2, 0) is 19.2 Å². The molecule has 1 aliphatic rings. The third kappa shape index (κ3) is 3.54. The third-order valence-electron chi connectivity index (χ3n) is 2.79. The average molecular weight is 256 g/mol. The van der Waals surface area contributed by atoms with E-state index in [9.17, 15) is 19.2 Å². The minimum atomic E-state index is -0.976. The normalized spacial score (nSPS) is 21.4. The number of amides is 3. The van der Waals surface area contributed by atoms with Gasteiger partial charge in [0.05, 0.1) is 0 Å². The number of hydrogen-bond donors (Lipinski definition) is 2. The fourth-order valence-corrected chi connectivity index (χ4v) is 1.80. The quantitative estimate of drug-likeness (QED) is 0.651. The molecule has 0 aromatic rings. The summed E-state index contributed by atoms with van der Waals surface area (Å²) in [5.41, 5.74) is 0. The molecule has 0 bridgehead atoms. The maximum Gasteiger partial charge on any atom is 0.303 e. The minimum absolute atomic E-state index is 0.0111. The van der Waals surface area contributed by atoms with Crippen molar-refractivity contribution in [2.24, 2.45) is 5.92 Å². The van der Waals surface area contributed by atoms with Crippen LogP contribution in [0.4, 0.5) is 0 Å². The van der Waals surface area contributed by atoms with Crippen LogP contribution in [0.2, 0.25) is 0 Å². The van der Waals surface area contributed by atoms with Crippen molar-refractivity contribution in [2.75, 3.05) is 6.54 Å². The summed E-state index contributed by atoms with van der Waals surface area (Å²) in [6, 6.07) is -0.702. The van der Waals surface area contributed by atoms with Crippen molar-refractivity contribution in [3.05, 3.63) is 0 Å². The number of imide groups is 1. The highest BCUT2D eigenvalue weighted by molar-refractivity contribution is 6.04. The molecule has 0 aromatic heterocycles. The fourth-order valence-electron chi connectivity index (χ4n) is 1.80. The Balaban J connectivity index is 2.62. The lowest BCUT2D eigenvalue weighted by atomic mass is 10.0. The SMILES string of the molecule is CC(CC(=O)O)CC(=O)N1CC(=O)NC(=O)C1C. The van der Waals surface area contributed by atoms with Gasteiger partial charge in [-0.1, -0.05) is 6.92 Å². The second-order valence-corrected chi connectivity index (χ2v) is 4.52. The van der Waals surface area contributed by atoms with Crippen LogP contribution >= 0.6 is 0 Å². The zero-order valence-corrected chi connectivity index (χ0v) is 10.3. The van der Waals surface area contributed by atoms with E-state index in [0.717, 1.165) is 0 Å². The molecule has 2 atom stereocenters. The van der Waals surface area contributed by atoms with Gasteiger partial charge in [0.1, 0.15) is 12.6 Å². The van der Waals surface area contributed by atoms with Crippen LogP contribution < -0.4 is 5.32 Å². The smallest absolute Gasteiger partial charge is 0.303 e. The van der Waals surface area contributed by atoms with E-state index in [1.165, 1.54) is 11.8 Å². The fraction of sp³-hybridized carbons (Fsp3) is 0.636. The summed E-state index contributed by atoms with van der Waals surface area (Å²) < 4.78 is 0. The number of carboxylic acids is 1. The van der Waals surface area contributed by atoms with Crippen LogP contribution in [0.1, 0.15) is 26.7 Å². The van der Waals surface area contributed by atoms with Gasteiger partial charge in [0, 0.05) is 12.8 Å². The van der Waals surface area contributed by atoms with Gasteiger partial charge in [-0.2, -0.15) is 0 Å². The molecule has 1 heterocycles. The van der Waals surface area contributed by atoms with Crippen LogP contribution in [0, 0.1) is 5.92 Å². The largest absolute Gasteiger partial charge is 0.481 e. The van der Waals surface area contributed by atoms with Crippen molar-refractivity contribution in [3.8, 4) is 0 Å². The molecule has 2 unspecified atom stereocenters. The van der Waals surface area contributed by atoms with E-state index in [2.05, 4.69) is 5.32 Å². The molecule has 1 aliphatic heterocycles. The highest BCUT2D eigenvalue weighted by Gasteiger charge is 2.33. The number of rotatable bonds is 4. The van der Waals surface area contributed by atoms with Gasteiger partial charge < -0.3 is 10.0 Å². The van der Waals surface area contributed by atoms with Crippen LogP contribution in [0.25, 0.3) is 0 Å². The summed E-state index contributed by atoms with van der Waals surface area (Å²) in [6.07, 6.45) is -0.106. The van der Waals surface area contributed by atoms with Crippen molar-refractivity contribution in [1.82, 2.24) is 10.2 Å². The number of carboxylic acid groups (broad SMARTS) is 1. The topological polar surface area (TPSA) is 104 Å². The van der Waals surface area contributed by atoms with Crippen LogP contribution in [-0.4, -0.2) is 46.3 Å². The van der Waals surface area contributed by atoms with E-state index in [-0.39, 0.29) is 31.2 Å². The van der Waals surface area contributed by atoms with E-state index in [0.29, 0.717) is 0 Å². The molecule has 100 valence electrons. The van der Waals surface area contributed by atoms with Gasteiger partial charge in [-0.05, 0) is 12.8 Å². The molecular weight excluding hydrogens is 240 g/mol. The average Bonchev–Trinajstić information content (AvgIpc) is 2.21. The molecule has 7 heteroatoms. The monoisotopic (exact) mass is 256 g/mol. The Morgan fingerprint density at radius 1 is 1.44 bits per heavy atom. The van der Waals surface area contributed by atoms with E-state index in [4.69, 9.17) is 5.11 Å². The minimum Gasteiger partial charge on any atom is -0.481 e. The maximum absolute atomic E-state index is 11.9. The van der Waals surface area contributed by atoms with E-state index in [1.807, 2.05) is 0 Å². The first-order valence-corrected chi connectivity index (χ1v) is 5.66. The Hall–Kier alpha value is -1.92. The lowest BCUT2D eigenvalue weighted by molar-refractivity contribution is -0.150. The Labute approximate surface area is 104 Å². The van der Waals surface area contributed by atoms with Crippen LogP contribution in [0.15, 0.2) is 0 Å². The summed E-state index contributed by atoms with van der Waals surface area (Å²) in [7, 11) is 0. The predicted octanol–water partition coefficient (Wildman–Crippen LogP) is -0.639. The molecule has 1 fully saturated rings. The van der Waals surface area contributed by atoms with Crippen molar-refractivity contribution < 1.29 is 24.3 Å². The number of aliphatic carboxylic acids is 1. The van der Waals surface area contributed by atoms with E-state index < -0.39 is 23.8 Å². The highest BCUT2D eigenvalue weighted by atomic mass is 16.4. The lowest BCUT2D eigenvalue weighted by Gasteiger charge is -2.32. The van der Waals surface area contributed by atoms with E-state index in [1.54, 1.807) is 6.92 Å². The molecule has 0 aliphatic carbocycles.